The number of hydrogen-bond acceptors (Lipinski definition) is 6. The highest BCUT2D eigenvalue weighted by Crippen LogP contribution is 2.26. The molecule has 182 valence electrons. The first-order valence-electron chi connectivity index (χ1n) is 11.0. The number of ether oxygens (including phenoxy) is 3. The van der Waals surface area contributed by atoms with Crippen LogP contribution in [-0.4, -0.2) is 62.1 Å². The van der Waals surface area contributed by atoms with Gasteiger partial charge in [0.2, 0.25) is 5.96 Å². The Balaban J connectivity index is 1.88. The van der Waals surface area contributed by atoms with Gasteiger partial charge in [0.05, 0.1) is 40.1 Å². The van der Waals surface area contributed by atoms with Gasteiger partial charge in [-0.3, -0.25) is 4.79 Å². The van der Waals surface area contributed by atoms with Crippen LogP contribution < -0.4 is 9.47 Å². The molecule has 9 heteroatoms. The smallest absolute Gasteiger partial charge is 0.310 e. The average molecular weight is 487 g/mol. The lowest BCUT2D eigenvalue weighted by Crippen LogP contribution is -2.53. The molecule has 0 radical (unpaired) electrons. The normalized spacial score (nSPS) is 17.6. The quantitative estimate of drug-likeness (QED) is 0.494. The fraction of sp³-hybridized carbons (Fsp3) is 0.400. The van der Waals surface area contributed by atoms with Gasteiger partial charge < -0.3 is 24.0 Å². The summed E-state index contributed by atoms with van der Waals surface area (Å²) < 4.78 is 15.7. The van der Waals surface area contributed by atoms with Gasteiger partial charge in [-0.2, -0.15) is 0 Å². The largest absolute Gasteiger partial charge is 0.497 e. The van der Waals surface area contributed by atoms with E-state index in [1.807, 2.05) is 54.3 Å². The van der Waals surface area contributed by atoms with Crippen molar-refractivity contribution in [1.29, 1.82) is 0 Å². The van der Waals surface area contributed by atoms with Crippen LogP contribution in [0.1, 0.15) is 25.0 Å². The summed E-state index contributed by atoms with van der Waals surface area (Å²) in [4.78, 5) is 25.5. The van der Waals surface area contributed by atoms with Crippen molar-refractivity contribution >= 4 is 29.9 Å². The number of carbonyl (C=O) groups is 1. The van der Waals surface area contributed by atoms with Crippen LogP contribution in [0.4, 0.5) is 0 Å². The summed E-state index contributed by atoms with van der Waals surface area (Å²) in [7, 11) is 4.64. The predicted octanol–water partition coefficient (Wildman–Crippen LogP) is 4.21. The predicted molar refractivity (Wildman–Crippen MR) is 134 cm³/mol. The Morgan fingerprint density at radius 1 is 1.15 bits per heavy atom. The summed E-state index contributed by atoms with van der Waals surface area (Å²) >= 11 is 6.07. The number of halogens is 1. The molecule has 0 amide bonds. The maximum absolute atomic E-state index is 12.0. The summed E-state index contributed by atoms with van der Waals surface area (Å²) in [6, 6.07) is 13.4. The Labute approximate surface area is 205 Å². The number of aliphatic imine (C=N–C) groups is 2. The van der Waals surface area contributed by atoms with E-state index in [4.69, 9.17) is 30.8 Å². The molecule has 0 saturated carbocycles. The zero-order valence-electron chi connectivity index (χ0n) is 20.2. The second kappa shape index (κ2) is 11.7. The van der Waals surface area contributed by atoms with Crippen LogP contribution in [0.5, 0.6) is 11.5 Å². The van der Waals surface area contributed by atoms with Gasteiger partial charge in [0.1, 0.15) is 17.7 Å². The van der Waals surface area contributed by atoms with Gasteiger partial charge in [-0.25, -0.2) is 9.98 Å². The Bertz CT molecular complexity index is 1040. The fourth-order valence-electron chi connectivity index (χ4n) is 3.69. The first kappa shape index (κ1) is 25.4. The van der Waals surface area contributed by atoms with Crippen molar-refractivity contribution in [3.63, 3.8) is 0 Å². The van der Waals surface area contributed by atoms with Crippen LogP contribution in [0, 0.1) is 5.92 Å². The van der Waals surface area contributed by atoms with Gasteiger partial charge in [-0.05, 0) is 36.8 Å². The van der Waals surface area contributed by atoms with E-state index in [1.54, 1.807) is 20.6 Å². The van der Waals surface area contributed by atoms with Crippen LogP contribution >= 0.6 is 11.6 Å². The van der Waals surface area contributed by atoms with Crippen molar-refractivity contribution in [1.82, 2.24) is 9.80 Å². The fourth-order valence-corrected chi connectivity index (χ4v) is 3.82. The number of nitrogens with zero attached hydrogens (tertiary/aromatic N) is 4. The zero-order chi connectivity index (χ0) is 24.7. The number of esters is 1. The Morgan fingerprint density at radius 2 is 1.88 bits per heavy atom. The maximum atomic E-state index is 12.0. The molecule has 0 N–H and O–H groups in total. The summed E-state index contributed by atoms with van der Waals surface area (Å²) in [5.41, 5.74) is 2.00. The van der Waals surface area contributed by atoms with Crippen molar-refractivity contribution in [2.24, 2.45) is 15.9 Å². The molecule has 1 unspecified atom stereocenters. The van der Waals surface area contributed by atoms with Gasteiger partial charge in [0.25, 0.3) is 0 Å². The third kappa shape index (κ3) is 6.20. The van der Waals surface area contributed by atoms with E-state index in [1.165, 1.54) is 7.11 Å². The number of hydrogen-bond donors (Lipinski definition) is 0. The van der Waals surface area contributed by atoms with Crippen molar-refractivity contribution in [2.45, 2.75) is 33.1 Å². The molecule has 0 aliphatic carbocycles. The van der Waals surface area contributed by atoms with E-state index in [2.05, 4.69) is 16.8 Å². The number of methoxy groups -OCH3 is 3. The van der Waals surface area contributed by atoms with Crippen LogP contribution in [0.25, 0.3) is 0 Å². The number of guanidine groups is 1. The zero-order valence-corrected chi connectivity index (χ0v) is 21.0. The SMILES string of the molecule is COC(=O)C(C)CN1C=NC(=NCc2ccc(OC)cc2OC)N(Cc2ccc(Cl)cc2)[C@H]1C. The van der Waals surface area contributed by atoms with E-state index < -0.39 is 0 Å². The molecule has 0 fully saturated rings. The van der Waals surface area contributed by atoms with E-state index in [0.29, 0.717) is 36.4 Å². The van der Waals surface area contributed by atoms with Crippen molar-refractivity contribution < 1.29 is 19.0 Å². The van der Waals surface area contributed by atoms with Gasteiger partial charge in [0.15, 0.2) is 0 Å². The van der Waals surface area contributed by atoms with Crippen LogP contribution in [0.3, 0.4) is 0 Å². The Morgan fingerprint density at radius 3 is 2.53 bits per heavy atom. The van der Waals surface area contributed by atoms with E-state index >= 15 is 0 Å². The number of rotatable bonds is 9. The van der Waals surface area contributed by atoms with Crippen molar-refractivity contribution in [3.8, 4) is 11.5 Å². The van der Waals surface area contributed by atoms with Crippen molar-refractivity contribution in [3.05, 3.63) is 58.6 Å². The molecule has 0 saturated heterocycles. The topological polar surface area (TPSA) is 76.0 Å². The molecule has 1 heterocycles. The third-order valence-corrected chi connectivity index (χ3v) is 6.00. The average Bonchev–Trinajstić information content (AvgIpc) is 2.86. The molecule has 1 aliphatic rings. The summed E-state index contributed by atoms with van der Waals surface area (Å²) in [6.07, 6.45) is 1.66. The second-order valence-corrected chi connectivity index (χ2v) is 8.48. The number of carbonyl (C=O) groups excluding carboxylic acids is 1. The minimum absolute atomic E-state index is 0.0863. The highest BCUT2D eigenvalue weighted by molar-refractivity contribution is 6.30. The summed E-state index contributed by atoms with van der Waals surface area (Å²) in [5, 5.41) is 0.683. The highest BCUT2D eigenvalue weighted by atomic mass is 35.5. The minimum atomic E-state index is -0.293. The molecular weight excluding hydrogens is 456 g/mol. The lowest BCUT2D eigenvalue weighted by Gasteiger charge is -2.41. The van der Waals surface area contributed by atoms with Gasteiger partial charge in [0, 0.05) is 29.7 Å². The van der Waals surface area contributed by atoms with Crippen molar-refractivity contribution in [2.75, 3.05) is 27.9 Å². The molecule has 3 rings (SSSR count). The van der Waals surface area contributed by atoms with E-state index in [0.717, 1.165) is 16.9 Å². The molecule has 8 nitrogen and oxygen atoms in total. The molecule has 2 aromatic rings. The molecule has 0 bridgehead atoms. The molecule has 2 aromatic carbocycles. The molecule has 0 aromatic heterocycles. The first-order chi connectivity index (χ1) is 16.4. The first-order valence-corrected chi connectivity index (χ1v) is 11.4. The maximum Gasteiger partial charge on any atom is 0.310 e. The minimum Gasteiger partial charge on any atom is -0.497 e. The molecule has 0 spiro atoms. The third-order valence-electron chi connectivity index (χ3n) is 5.75. The summed E-state index contributed by atoms with van der Waals surface area (Å²) in [6.45, 7) is 5.36. The van der Waals surface area contributed by atoms with E-state index in [9.17, 15) is 4.79 Å². The lowest BCUT2D eigenvalue weighted by molar-refractivity contribution is -0.145. The highest BCUT2D eigenvalue weighted by Gasteiger charge is 2.29. The number of benzene rings is 2. The van der Waals surface area contributed by atoms with Gasteiger partial charge >= 0.3 is 5.97 Å². The summed E-state index contributed by atoms with van der Waals surface area (Å²) in [5.74, 6) is 1.48. The molecule has 2 atom stereocenters. The van der Waals surface area contributed by atoms with E-state index in [-0.39, 0.29) is 18.1 Å². The lowest BCUT2D eigenvalue weighted by atomic mass is 10.1. The molecule has 1 aliphatic heterocycles. The Hall–Kier alpha value is -3.26. The van der Waals surface area contributed by atoms with Gasteiger partial charge in [-0.1, -0.05) is 30.7 Å². The van der Waals surface area contributed by atoms with Crippen LogP contribution in [0.15, 0.2) is 52.4 Å². The molecular formula is C25H31ClN4O4. The monoisotopic (exact) mass is 486 g/mol. The second-order valence-electron chi connectivity index (χ2n) is 8.05. The Kier molecular flexibility index (Phi) is 8.76. The molecule has 34 heavy (non-hydrogen) atoms. The standard InChI is InChI=1S/C25H31ClN4O4/c1-17(24(31)34-5)14-29-16-28-25(27-13-20-8-11-22(32-3)12-23(20)33-4)30(18(29)2)15-19-6-9-21(26)10-7-19/h6-12,16-18H,13-15H2,1-5H3/t17?,18-/m0/s1. The van der Waals surface area contributed by atoms with Crippen LogP contribution in [-0.2, 0) is 22.6 Å². The van der Waals surface area contributed by atoms with Gasteiger partial charge in [-0.15, -0.1) is 0 Å². The van der Waals surface area contributed by atoms with Crippen LogP contribution in [0.2, 0.25) is 5.02 Å².